The van der Waals surface area contributed by atoms with E-state index in [2.05, 4.69) is 47.3 Å². The highest BCUT2D eigenvalue weighted by Gasteiger charge is 2.22. The second-order valence-corrected chi connectivity index (χ2v) is 8.01. The Morgan fingerprint density at radius 1 is 1.30 bits per heavy atom. The van der Waals surface area contributed by atoms with E-state index in [0.29, 0.717) is 24.0 Å². The first-order valence-electron chi connectivity index (χ1n) is 9.89. The summed E-state index contributed by atoms with van der Waals surface area (Å²) >= 11 is 0. The van der Waals surface area contributed by atoms with E-state index in [9.17, 15) is 4.79 Å². The molecule has 0 aliphatic carbocycles. The Morgan fingerprint density at radius 3 is 2.78 bits per heavy atom. The minimum absolute atomic E-state index is 0.152. The molecule has 2 aromatic rings. The summed E-state index contributed by atoms with van der Waals surface area (Å²) in [5.41, 5.74) is 4.23. The molecular weight excluding hydrogens is 338 g/mol. The molecule has 1 aliphatic heterocycles. The highest BCUT2D eigenvalue weighted by atomic mass is 16.2. The van der Waals surface area contributed by atoms with Gasteiger partial charge < -0.3 is 5.32 Å². The summed E-state index contributed by atoms with van der Waals surface area (Å²) in [6, 6.07) is 6.44. The van der Waals surface area contributed by atoms with Crippen LogP contribution in [0.5, 0.6) is 0 Å². The van der Waals surface area contributed by atoms with Gasteiger partial charge in [0.2, 0.25) is 0 Å². The Labute approximate surface area is 161 Å². The lowest BCUT2D eigenvalue weighted by molar-refractivity contribution is 0.0911. The van der Waals surface area contributed by atoms with Gasteiger partial charge in [0, 0.05) is 19.1 Å². The highest BCUT2D eigenvalue weighted by molar-refractivity contribution is 5.93. The van der Waals surface area contributed by atoms with Crippen molar-refractivity contribution in [3.63, 3.8) is 0 Å². The fourth-order valence-electron chi connectivity index (χ4n) is 3.81. The van der Waals surface area contributed by atoms with Crippen molar-refractivity contribution < 1.29 is 4.79 Å². The fraction of sp³-hybridized carbons (Fsp3) is 0.571. The third kappa shape index (κ3) is 4.56. The van der Waals surface area contributed by atoms with Gasteiger partial charge in [-0.05, 0) is 64.6 Å². The second-order valence-electron chi connectivity index (χ2n) is 8.01. The molecule has 1 fully saturated rings. The molecular formula is C21H31N5O. The topological polar surface area (TPSA) is 63.1 Å². The zero-order valence-electron chi connectivity index (χ0n) is 17.1. The number of nitrogens with one attached hydrogen (secondary N) is 1. The van der Waals surface area contributed by atoms with Crippen LogP contribution in [0.4, 0.5) is 0 Å². The number of piperidine rings is 1. The average molecular weight is 370 g/mol. The van der Waals surface area contributed by atoms with Crippen LogP contribution in [0.2, 0.25) is 0 Å². The maximum absolute atomic E-state index is 12.7. The van der Waals surface area contributed by atoms with Crippen molar-refractivity contribution >= 4 is 5.91 Å². The molecule has 2 atom stereocenters. The van der Waals surface area contributed by atoms with E-state index in [4.69, 9.17) is 0 Å². The monoisotopic (exact) mass is 369 g/mol. The molecule has 6 nitrogen and oxygen atoms in total. The van der Waals surface area contributed by atoms with Crippen LogP contribution in [0.1, 0.15) is 54.0 Å². The molecule has 27 heavy (non-hydrogen) atoms. The zero-order valence-corrected chi connectivity index (χ0v) is 17.1. The van der Waals surface area contributed by atoms with Crippen LogP contribution in [-0.4, -0.2) is 51.5 Å². The summed E-state index contributed by atoms with van der Waals surface area (Å²) in [7, 11) is 0. The summed E-state index contributed by atoms with van der Waals surface area (Å²) in [4.78, 5) is 16.7. The number of carbonyl (C=O) groups excluding carboxylic acids is 1. The van der Waals surface area contributed by atoms with Gasteiger partial charge in [0.1, 0.15) is 0 Å². The first-order chi connectivity index (χ1) is 12.8. The molecule has 0 bridgehead atoms. The molecule has 1 N–H and O–H groups in total. The van der Waals surface area contributed by atoms with Gasteiger partial charge in [0.15, 0.2) is 5.69 Å². The van der Waals surface area contributed by atoms with Crippen molar-refractivity contribution in [2.45, 2.75) is 53.5 Å². The molecule has 0 saturated carbocycles. The second kappa shape index (κ2) is 8.21. The van der Waals surface area contributed by atoms with Gasteiger partial charge in [-0.25, -0.2) is 0 Å². The predicted molar refractivity (Wildman–Crippen MR) is 107 cm³/mol. The average Bonchev–Trinajstić information content (AvgIpc) is 3.01. The van der Waals surface area contributed by atoms with Crippen LogP contribution in [-0.2, 0) is 0 Å². The van der Waals surface area contributed by atoms with Crippen LogP contribution in [0.15, 0.2) is 18.2 Å². The number of aromatic nitrogens is 3. The molecule has 2 heterocycles. The molecule has 0 radical (unpaired) electrons. The summed E-state index contributed by atoms with van der Waals surface area (Å²) in [5.74, 6) is 0.581. The van der Waals surface area contributed by atoms with Crippen LogP contribution in [0, 0.1) is 26.7 Å². The number of hydrogen-bond donors (Lipinski definition) is 1. The minimum Gasteiger partial charge on any atom is -0.349 e. The summed E-state index contributed by atoms with van der Waals surface area (Å²) in [5, 5.41) is 12.0. The predicted octanol–water partition coefficient (Wildman–Crippen LogP) is 3.04. The molecule has 1 aromatic carbocycles. The van der Waals surface area contributed by atoms with Crippen molar-refractivity contribution in [3.8, 4) is 5.69 Å². The summed E-state index contributed by atoms with van der Waals surface area (Å²) < 4.78 is 0. The number of nitrogens with zero attached hydrogens (tertiary/aromatic N) is 4. The van der Waals surface area contributed by atoms with Gasteiger partial charge in [-0.3, -0.25) is 9.69 Å². The Morgan fingerprint density at radius 2 is 2.07 bits per heavy atom. The number of rotatable bonds is 5. The standard InChI is InChI=1S/C21H31N5O/c1-14-8-9-19(16(3)11-14)26-23-18(5)20(24-26)21(27)22-12-17(4)25-10-6-7-15(2)13-25/h8-9,11,15,17H,6-7,10,12-13H2,1-5H3,(H,22,27)/t15-,17-/m1/s1. The van der Waals surface area contributed by atoms with Crippen LogP contribution in [0.25, 0.3) is 5.69 Å². The van der Waals surface area contributed by atoms with Gasteiger partial charge >= 0.3 is 0 Å². The van der Waals surface area contributed by atoms with E-state index >= 15 is 0 Å². The van der Waals surface area contributed by atoms with Crippen molar-refractivity contribution in [3.05, 3.63) is 40.7 Å². The molecule has 3 rings (SSSR count). The number of amides is 1. The fourth-order valence-corrected chi connectivity index (χ4v) is 3.81. The zero-order chi connectivity index (χ0) is 19.6. The Balaban J connectivity index is 1.66. The van der Waals surface area contributed by atoms with E-state index in [1.54, 1.807) is 4.80 Å². The molecule has 0 spiro atoms. The number of hydrogen-bond acceptors (Lipinski definition) is 4. The van der Waals surface area contributed by atoms with E-state index < -0.39 is 0 Å². The lowest BCUT2D eigenvalue weighted by Gasteiger charge is -2.35. The van der Waals surface area contributed by atoms with Crippen LogP contribution < -0.4 is 5.32 Å². The van der Waals surface area contributed by atoms with Crippen LogP contribution in [0.3, 0.4) is 0 Å². The largest absolute Gasteiger partial charge is 0.349 e. The first kappa shape index (κ1) is 19.5. The Bertz CT molecular complexity index is 813. The van der Waals surface area contributed by atoms with Gasteiger partial charge in [-0.1, -0.05) is 24.6 Å². The van der Waals surface area contributed by atoms with E-state index in [1.165, 1.54) is 18.4 Å². The van der Waals surface area contributed by atoms with Crippen molar-refractivity contribution in [1.82, 2.24) is 25.2 Å². The maximum atomic E-state index is 12.7. The lowest BCUT2D eigenvalue weighted by Crippen LogP contribution is -2.46. The molecule has 1 aromatic heterocycles. The normalized spacial score (nSPS) is 19.1. The molecule has 1 aliphatic rings. The molecule has 146 valence electrons. The van der Waals surface area contributed by atoms with Gasteiger partial charge in [-0.2, -0.15) is 9.90 Å². The Kier molecular flexibility index (Phi) is 5.95. The molecule has 1 saturated heterocycles. The first-order valence-corrected chi connectivity index (χ1v) is 9.89. The lowest BCUT2D eigenvalue weighted by atomic mass is 9.99. The van der Waals surface area contributed by atoms with Crippen molar-refractivity contribution in [1.29, 1.82) is 0 Å². The quantitative estimate of drug-likeness (QED) is 0.880. The van der Waals surface area contributed by atoms with E-state index in [-0.39, 0.29) is 5.91 Å². The summed E-state index contributed by atoms with van der Waals surface area (Å²) in [6.07, 6.45) is 2.54. The van der Waals surface area contributed by atoms with E-state index in [0.717, 1.165) is 30.3 Å². The molecule has 0 unspecified atom stereocenters. The molecule has 1 amide bonds. The van der Waals surface area contributed by atoms with Crippen molar-refractivity contribution in [2.75, 3.05) is 19.6 Å². The van der Waals surface area contributed by atoms with Gasteiger partial charge in [0.25, 0.3) is 5.91 Å². The number of benzene rings is 1. The van der Waals surface area contributed by atoms with Gasteiger partial charge in [-0.15, -0.1) is 5.10 Å². The van der Waals surface area contributed by atoms with E-state index in [1.807, 2.05) is 26.0 Å². The highest BCUT2D eigenvalue weighted by Crippen LogP contribution is 2.18. The third-order valence-electron chi connectivity index (χ3n) is 5.43. The van der Waals surface area contributed by atoms with Crippen molar-refractivity contribution in [2.24, 2.45) is 5.92 Å². The number of aryl methyl sites for hydroxylation is 3. The summed E-state index contributed by atoms with van der Waals surface area (Å²) in [6.45, 7) is 13.2. The van der Waals surface area contributed by atoms with Gasteiger partial charge in [0.05, 0.1) is 11.4 Å². The third-order valence-corrected chi connectivity index (χ3v) is 5.43. The number of carbonyl (C=O) groups is 1. The molecule has 6 heteroatoms. The van der Waals surface area contributed by atoms with Crippen LogP contribution >= 0.6 is 0 Å². The minimum atomic E-state index is -0.152. The smallest absolute Gasteiger partial charge is 0.273 e. The number of likely N-dealkylation sites (tertiary alicyclic amines) is 1. The maximum Gasteiger partial charge on any atom is 0.273 e. The Hall–Kier alpha value is -2.21. The SMILES string of the molecule is Cc1ccc(-n2nc(C)c(C(=O)NC[C@@H](C)N3CCC[C@@H](C)C3)n2)c(C)c1.